The van der Waals surface area contributed by atoms with E-state index in [4.69, 9.17) is 14.0 Å². The van der Waals surface area contributed by atoms with Gasteiger partial charge in [-0.15, -0.1) is 0 Å². The molecule has 0 saturated carbocycles. The minimum atomic E-state index is -0.416. The Morgan fingerprint density at radius 1 is 1.20 bits per heavy atom. The van der Waals surface area contributed by atoms with Gasteiger partial charge >= 0.3 is 7.12 Å². The van der Waals surface area contributed by atoms with Crippen molar-refractivity contribution in [2.75, 3.05) is 6.61 Å². The van der Waals surface area contributed by atoms with Crippen LogP contribution >= 0.6 is 0 Å². The van der Waals surface area contributed by atoms with Gasteiger partial charge in [0.15, 0.2) is 5.78 Å². The number of ether oxygens (including phenoxy) is 1. The van der Waals surface area contributed by atoms with Gasteiger partial charge in [-0.05, 0) is 52.2 Å². The van der Waals surface area contributed by atoms with Gasteiger partial charge in [0.1, 0.15) is 12.4 Å². The summed E-state index contributed by atoms with van der Waals surface area (Å²) in [5, 5.41) is 0. The Morgan fingerprint density at radius 2 is 1.80 bits per heavy atom. The first-order valence-electron chi connectivity index (χ1n) is 6.79. The van der Waals surface area contributed by atoms with Gasteiger partial charge in [-0.3, -0.25) is 4.79 Å². The highest BCUT2D eigenvalue weighted by Crippen LogP contribution is 2.36. The van der Waals surface area contributed by atoms with Crippen molar-refractivity contribution in [2.24, 2.45) is 0 Å². The summed E-state index contributed by atoms with van der Waals surface area (Å²) in [7, 11) is -0.416. The molecule has 1 aromatic carbocycles. The maximum Gasteiger partial charge on any atom is 0.494 e. The second-order valence-electron chi connectivity index (χ2n) is 6.15. The fourth-order valence-corrected chi connectivity index (χ4v) is 1.92. The van der Waals surface area contributed by atoms with Crippen molar-refractivity contribution in [2.45, 2.75) is 45.8 Å². The number of Topliss-reactive ketones (excluding diaryl/α,β-unsaturated/α-hetero) is 1. The van der Waals surface area contributed by atoms with E-state index >= 15 is 0 Å². The van der Waals surface area contributed by atoms with Gasteiger partial charge in [0, 0.05) is 0 Å². The first kappa shape index (κ1) is 15.1. The molecule has 0 N–H and O–H groups in total. The summed E-state index contributed by atoms with van der Waals surface area (Å²) in [6, 6.07) is 7.47. The molecule has 1 saturated heterocycles. The zero-order chi connectivity index (χ0) is 15.0. The Kier molecular flexibility index (Phi) is 3.94. The van der Waals surface area contributed by atoms with Crippen LogP contribution in [0.3, 0.4) is 0 Å². The first-order chi connectivity index (χ1) is 9.21. The summed E-state index contributed by atoms with van der Waals surface area (Å²) in [6.07, 6.45) is 0. The quantitative estimate of drug-likeness (QED) is 0.788. The van der Waals surface area contributed by atoms with Crippen molar-refractivity contribution in [3.8, 4) is 5.75 Å². The summed E-state index contributed by atoms with van der Waals surface area (Å²) >= 11 is 0. The van der Waals surface area contributed by atoms with Gasteiger partial charge in [0.2, 0.25) is 0 Å². The third-order valence-electron chi connectivity index (χ3n) is 3.83. The van der Waals surface area contributed by atoms with Crippen LogP contribution in [-0.2, 0) is 14.1 Å². The van der Waals surface area contributed by atoms with Crippen molar-refractivity contribution in [1.82, 2.24) is 0 Å². The number of benzene rings is 1. The predicted molar refractivity (Wildman–Crippen MR) is 78.3 cm³/mol. The Hall–Kier alpha value is -1.33. The summed E-state index contributed by atoms with van der Waals surface area (Å²) in [4.78, 5) is 11.0. The monoisotopic (exact) mass is 276 g/mol. The van der Waals surface area contributed by atoms with Gasteiger partial charge in [0.05, 0.1) is 11.2 Å². The van der Waals surface area contributed by atoms with Crippen LogP contribution in [0.25, 0.3) is 0 Å². The molecule has 0 amide bonds. The van der Waals surface area contributed by atoms with Crippen LogP contribution in [0.2, 0.25) is 0 Å². The molecule has 20 heavy (non-hydrogen) atoms. The van der Waals surface area contributed by atoms with Crippen LogP contribution in [0.1, 0.15) is 34.6 Å². The van der Waals surface area contributed by atoms with Crippen LogP contribution < -0.4 is 10.2 Å². The molecule has 1 fully saturated rings. The van der Waals surface area contributed by atoms with E-state index in [1.165, 1.54) is 6.92 Å². The lowest BCUT2D eigenvalue weighted by Crippen LogP contribution is -2.41. The summed E-state index contributed by atoms with van der Waals surface area (Å²) in [5.41, 5.74) is 0.159. The zero-order valence-electron chi connectivity index (χ0n) is 12.7. The number of ketones is 1. The van der Waals surface area contributed by atoms with E-state index in [-0.39, 0.29) is 23.6 Å². The smallest absolute Gasteiger partial charge is 0.486 e. The maximum atomic E-state index is 11.0. The maximum absolute atomic E-state index is 11.0. The molecule has 1 aliphatic rings. The van der Waals surface area contributed by atoms with Crippen LogP contribution in [0.5, 0.6) is 5.75 Å². The Balaban J connectivity index is 2.14. The molecule has 2 rings (SSSR count). The van der Waals surface area contributed by atoms with Gasteiger partial charge < -0.3 is 14.0 Å². The lowest BCUT2D eigenvalue weighted by atomic mass is 9.79. The third-order valence-corrected chi connectivity index (χ3v) is 3.83. The van der Waals surface area contributed by atoms with Gasteiger partial charge in [-0.2, -0.15) is 0 Å². The minimum absolute atomic E-state index is 0.00830. The molecule has 5 heteroatoms. The zero-order valence-corrected chi connectivity index (χ0v) is 12.7. The van der Waals surface area contributed by atoms with E-state index < -0.39 is 7.12 Å². The standard InChI is InChI=1S/C15H21BO4/c1-11(17)10-18-13-8-6-7-12(9-13)16-19-14(2,3)15(4,5)20-16/h6-9H,10H2,1-5H3. The van der Waals surface area contributed by atoms with E-state index in [2.05, 4.69) is 0 Å². The van der Waals surface area contributed by atoms with Crippen molar-refractivity contribution in [3.05, 3.63) is 24.3 Å². The van der Waals surface area contributed by atoms with Crippen LogP contribution in [0.15, 0.2) is 24.3 Å². The summed E-state index contributed by atoms with van der Waals surface area (Å²) in [5.74, 6) is 0.637. The van der Waals surface area contributed by atoms with E-state index in [1.54, 1.807) is 0 Å². The SMILES string of the molecule is CC(=O)COc1cccc(B2OC(C)(C)C(C)(C)O2)c1. The van der Waals surface area contributed by atoms with Gasteiger partial charge in [0.25, 0.3) is 0 Å². The van der Waals surface area contributed by atoms with Crippen molar-refractivity contribution in [1.29, 1.82) is 0 Å². The third kappa shape index (κ3) is 3.05. The number of rotatable bonds is 4. The van der Waals surface area contributed by atoms with E-state index in [0.717, 1.165) is 5.46 Å². The molecule has 108 valence electrons. The lowest BCUT2D eigenvalue weighted by molar-refractivity contribution is -0.118. The van der Waals surface area contributed by atoms with Crippen LogP contribution in [0.4, 0.5) is 0 Å². The number of carbonyl (C=O) groups excluding carboxylic acids is 1. The van der Waals surface area contributed by atoms with Gasteiger partial charge in [-0.1, -0.05) is 12.1 Å². The minimum Gasteiger partial charge on any atom is -0.486 e. The Morgan fingerprint density at radius 3 is 2.35 bits per heavy atom. The Bertz CT molecular complexity index is 494. The lowest BCUT2D eigenvalue weighted by Gasteiger charge is -2.32. The molecule has 1 aliphatic heterocycles. The molecule has 0 radical (unpaired) electrons. The highest BCUT2D eigenvalue weighted by Gasteiger charge is 2.51. The summed E-state index contributed by atoms with van der Waals surface area (Å²) < 4.78 is 17.4. The van der Waals surface area contributed by atoms with Crippen molar-refractivity contribution >= 4 is 18.4 Å². The topological polar surface area (TPSA) is 44.8 Å². The highest BCUT2D eigenvalue weighted by molar-refractivity contribution is 6.62. The van der Waals surface area contributed by atoms with E-state index in [9.17, 15) is 4.79 Å². The predicted octanol–water partition coefficient (Wildman–Crippen LogP) is 1.95. The second-order valence-corrected chi connectivity index (χ2v) is 6.15. The molecule has 0 aromatic heterocycles. The second kappa shape index (κ2) is 5.22. The normalized spacial score (nSPS) is 19.9. The highest BCUT2D eigenvalue weighted by atomic mass is 16.7. The average molecular weight is 276 g/mol. The fourth-order valence-electron chi connectivity index (χ4n) is 1.92. The van der Waals surface area contributed by atoms with E-state index in [0.29, 0.717) is 5.75 Å². The molecule has 0 bridgehead atoms. The average Bonchev–Trinajstić information content (AvgIpc) is 2.56. The first-order valence-corrected chi connectivity index (χ1v) is 6.79. The molecule has 0 spiro atoms. The summed E-state index contributed by atoms with van der Waals surface area (Å²) in [6.45, 7) is 9.64. The van der Waals surface area contributed by atoms with Crippen LogP contribution in [-0.4, -0.2) is 30.7 Å². The largest absolute Gasteiger partial charge is 0.494 e. The van der Waals surface area contributed by atoms with Crippen molar-refractivity contribution < 1.29 is 18.8 Å². The molecular weight excluding hydrogens is 255 g/mol. The van der Waals surface area contributed by atoms with E-state index in [1.807, 2.05) is 52.0 Å². The van der Waals surface area contributed by atoms with Crippen molar-refractivity contribution in [3.63, 3.8) is 0 Å². The molecule has 0 atom stereocenters. The van der Waals surface area contributed by atoms with Crippen LogP contribution in [0, 0.1) is 0 Å². The number of carbonyl (C=O) groups is 1. The Labute approximate surface area is 120 Å². The van der Waals surface area contributed by atoms with Gasteiger partial charge in [-0.25, -0.2) is 0 Å². The molecular formula is C15H21BO4. The molecule has 0 unspecified atom stereocenters. The fraction of sp³-hybridized carbons (Fsp3) is 0.533. The molecule has 1 aromatic rings. The number of hydrogen-bond donors (Lipinski definition) is 0. The molecule has 1 heterocycles. The molecule has 0 aliphatic carbocycles. The molecule has 4 nitrogen and oxygen atoms in total. The number of hydrogen-bond acceptors (Lipinski definition) is 4.